The van der Waals surface area contributed by atoms with Gasteiger partial charge in [-0.25, -0.2) is 0 Å². The Kier molecular flexibility index (Phi) is 7.38. The lowest BCUT2D eigenvalue weighted by Gasteiger charge is -2.14. The molecule has 1 atom stereocenters. The van der Waals surface area contributed by atoms with Gasteiger partial charge in [0.2, 0.25) is 5.91 Å². The van der Waals surface area contributed by atoms with Crippen molar-refractivity contribution in [1.29, 1.82) is 0 Å². The van der Waals surface area contributed by atoms with Crippen LogP contribution in [0.2, 0.25) is 5.02 Å². The molecule has 0 saturated heterocycles. The summed E-state index contributed by atoms with van der Waals surface area (Å²) in [6.07, 6.45) is 0. The Bertz CT molecular complexity index is 429. The van der Waals surface area contributed by atoms with E-state index in [0.29, 0.717) is 24.7 Å². The lowest BCUT2D eigenvalue weighted by Crippen LogP contribution is -2.42. The third-order valence-electron chi connectivity index (χ3n) is 2.61. The van der Waals surface area contributed by atoms with Gasteiger partial charge >= 0.3 is 0 Å². The standard InChI is InChI=1S/C13H18BrClN2O2/c1-9(13(18)16-5-6-19-2)17-8-10-3-4-11(14)7-12(10)15/h3-4,7,9,17H,5-6,8H2,1-2H3,(H,16,18). The average Bonchev–Trinajstić information content (AvgIpc) is 2.37. The van der Waals surface area contributed by atoms with Gasteiger partial charge in [0.25, 0.3) is 0 Å². The summed E-state index contributed by atoms with van der Waals surface area (Å²) in [6.45, 7) is 3.39. The first-order valence-electron chi connectivity index (χ1n) is 5.98. The van der Waals surface area contributed by atoms with E-state index in [1.54, 1.807) is 7.11 Å². The molecule has 0 fully saturated rings. The molecular weight excluding hydrogens is 332 g/mol. The summed E-state index contributed by atoms with van der Waals surface area (Å²) in [5, 5.41) is 6.58. The van der Waals surface area contributed by atoms with Crippen LogP contribution in [0, 0.1) is 0 Å². The molecule has 0 heterocycles. The minimum absolute atomic E-state index is 0.0507. The fourth-order valence-electron chi connectivity index (χ4n) is 1.45. The van der Waals surface area contributed by atoms with E-state index in [9.17, 15) is 4.79 Å². The van der Waals surface area contributed by atoms with Gasteiger partial charge < -0.3 is 15.4 Å². The number of carbonyl (C=O) groups is 1. The number of halogens is 2. The second-order valence-electron chi connectivity index (χ2n) is 4.12. The van der Waals surface area contributed by atoms with E-state index in [4.69, 9.17) is 16.3 Å². The molecule has 19 heavy (non-hydrogen) atoms. The van der Waals surface area contributed by atoms with E-state index in [0.717, 1.165) is 10.0 Å². The fraction of sp³-hybridized carbons (Fsp3) is 0.462. The summed E-state index contributed by atoms with van der Waals surface area (Å²) in [5.74, 6) is -0.0507. The first-order chi connectivity index (χ1) is 9.04. The Balaban J connectivity index is 2.40. The van der Waals surface area contributed by atoms with Crippen LogP contribution in [0.25, 0.3) is 0 Å². The Morgan fingerprint density at radius 2 is 2.26 bits per heavy atom. The zero-order chi connectivity index (χ0) is 14.3. The molecule has 0 aliphatic carbocycles. The molecule has 0 radical (unpaired) electrons. The number of ether oxygens (including phenoxy) is 1. The SMILES string of the molecule is COCCNC(=O)C(C)NCc1ccc(Br)cc1Cl. The number of amides is 1. The number of hydrogen-bond acceptors (Lipinski definition) is 3. The van der Waals surface area contributed by atoms with Gasteiger partial charge in [0.05, 0.1) is 12.6 Å². The van der Waals surface area contributed by atoms with Crippen LogP contribution in [0.15, 0.2) is 22.7 Å². The van der Waals surface area contributed by atoms with Crippen molar-refractivity contribution in [2.45, 2.75) is 19.5 Å². The average molecular weight is 350 g/mol. The number of rotatable bonds is 7. The van der Waals surface area contributed by atoms with Crippen LogP contribution in [-0.2, 0) is 16.1 Å². The van der Waals surface area contributed by atoms with Crippen molar-refractivity contribution < 1.29 is 9.53 Å². The van der Waals surface area contributed by atoms with E-state index < -0.39 is 0 Å². The van der Waals surface area contributed by atoms with Gasteiger partial charge in [0, 0.05) is 29.7 Å². The second kappa shape index (κ2) is 8.53. The van der Waals surface area contributed by atoms with Crippen LogP contribution in [0.4, 0.5) is 0 Å². The van der Waals surface area contributed by atoms with Crippen LogP contribution < -0.4 is 10.6 Å². The highest BCUT2D eigenvalue weighted by molar-refractivity contribution is 9.10. The number of carbonyl (C=O) groups excluding carboxylic acids is 1. The van der Waals surface area contributed by atoms with E-state index in [1.165, 1.54) is 0 Å². The quantitative estimate of drug-likeness (QED) is 0.743. The van der Waals surface area contributed by atoms with Crippen LogP contribution in [-0.4, -0.2) is 32.2 Å². The number of nitrogens with one attached hydrogen (secondary N) is 2. The van der Waals surface area contributed by atoms with Crippen LogP contribution in [0.1, 0.15) is 12.5 Å². The van der Waals surface area contributed by atoms with Gasteiger partial charge in [-0.05, 0) is 24.6 Å². The van der Waals surface area contributed by atoms with E-state index >= 15 is 0 Å². The molecule has 2 N–H and O–H groups in total. The van der Waals surface area contributed by atoms with E-state index in [2.05, 4.69) is 26.6 Å². The molecule has 106 valence electrons. The second-order valence-corrected chi connectivity index (χ2v) is 5.45. The molecule has 6 heteroatoms. The highest BCUT2D eigenvalue weighted by Crippen LogP contribution is 2.21. The highest BCUT2D eigenvalue weighted by Gasteiger charge is 2.12. The van der Waals surface area contributed by atoms with E-state index in [-0.39, 0.29) is 11.9 Å². The molecule has 1 unspecified atom stereocenters. The van der Waals surface area contributed by atoms with Gasteiger partial charge in [-0.3, -0.25) is 4.79 Å². The summed E-state index contributed by atoms with van der Waals surface area (Å²) < 4.78 is 5.81. The lowest BCUT2D eigenvalue weighted by atomic mass is 10.2. The van der Waals surface area contributed by atoms with Crippen molar-refractivity contribution in [3.8, 4) is 0 Å². The largest absolute Gasteiger partial charge is 0.383 e. The molecule has 0 aliphatic rings. The monoisotopic (exact) mass is 348 g/mol. The maximum atomic E-state index is 11.7. The Labute approximate surface area is 127 Å². The molecule has 1 aromatic carbocycles. The first-order valence-corrected chi connectivity index (χ1v) is 7.15. The van der Waals surface area contributed by atoms with Crippen molar-refractivity contribution in [2.24, 2.45) is 0 Å². The topological polar surface area (TPSA) is 50.4 Å². The first kappa shape index (κ1) is 16.4. The normalized spacial score (nSPS) is 12.2. The van der Waals surface area contributed by atoms with Gasteiger partial charge in [0.1, 0.15) is 0 Å². The fourth-order valence-corrected chi connectivity index (χ4v) is 2.19. The summed E-state index contributed by atoms with van der Waals surface area (Å²) in [5.41, 5.74) is 0.960. The number of methoxy groups -OCH3 is 1. The number of benzene rings is 1. The molecule has 4 nitrogen and oxygen atoms in total. The molecule has 0 aromatic heterocycles. The third-order valence-corrected chi connectivity index (χ3v) is 3.46. The molecule has 0 bridgehead atoms. The summed E-state index contributed by atoms with van der Waals surface area (Å²) in [7, 11) is 1.60. The minimum Gasteiger partial charge on any atom is -0.383 e. The van der Waals surface area contributed by atoms with Crippen molar-refractivity contribution in [2.75, 3.05) is 20.3 Å². The van der Waals surface area contributed by atoms with Gasteiger partial charge in [-0.1, -0.05) is 33.6 Å². The molecular formula is C13H18BrClN2O2. The minimum atomic E-state index is -0.281. The number of hydrogen-bond donors (Lipinski definition) is 2. The van der Waals surface area contributed by atoms with Crippen LogP contribution in [0.3, 0.4) is 0 Å². The Morgan fingerprint density at radius 1 is 1.53 bits per heavy atom. The van der Waals surface area contributed by atoms with Gasteiger partial charge in [-0.2, -0.15) is 0 Å². The summed E-state index contributed by atoms with van der Waals surface area (Å²) in [4.78, 5) is 11.7. The molecule has 0 aliphatic heterocycles. The zero-order valence-electron chi connectivity index (χ0n) is 11.0. The molecule has 1 rings (SSSR count). The zero-order valence-corrected chi connectivity index (χ0v) is 13.3. The van der Waals surface area contributed by atoms with Crippen molar-refractivity contribution in [3.05, 3.63) is 33.3 Å². The predicted octanol–water partition coefficient (Wildman–Crippen LogP) is 2.34. The third kappa shape index (κ3) is 5.91. The van der Waals surface area contributed by atoms with E-state index in [1.807, 2.05) is 25.1 Å². The maximum absolute atomic E-state index is 11.7. The molecule has 1 aromatic rings. The van der Waals surface area contributed by atoms with Gasteiger partial charge in [-0.15, -0.1) is 0 Å². The van der Waals surface area contributed by atoms with Crippen molar-refractivity contribution >= 4 is 33.4 Å². The maximum Gasteiger partial charge on any atom is 0.236 e. The van der Waals surface area contributed by atoms with Gasteiger partial charge in [0.15, 0.2) is 0 Å². The van der Waals surface area contributed by atoms with Crippen molar-refractivity contribution in [3.63, 3.8) is 0 Å². The molecule has 0 saturated carbocycles. The van der Waals surface area contributed by atoms with Crippen molar-refractivity contribution in [1.82, 2.24) is 10.6 Å². The van der Waals surface area contributed by atoms with Crippen LogP contribution in [0.5, 0.6) is 0 Å². The molecule has 1 amide bonds. The predicted molar refractivity (Wildman–Crippen MR) is 80.3 cm³/mol. The summed E-state index contributed by atoms with van der Waals surface area (Å²) in [6, 6.07) is 5.40. The molecule has 0 spiro atoms. The Morgan fingerprint density at radius 3 is 2.89 bits per heavy atom. The highest BCUT2D eigenvalue weighted by atomic mass is 79.9. The summed E-state index contributed by atoms with van der Waals surface area (Å²) >= 11 is 9.46. The lowest BCUT2D eigenvalue weighted by molar-refractivity contribution is -0.122. The van der Waals surface area contributed by atoms with Crippen LogP contribution >= 0.6 is 27.5 Å². The smallest absolute Gasteiger partial charge is 0.236 e. The Hall–Kier alpha value is -0.620.